The van der Waals surface area contributed by atoms with E-state index in [-0.39, 0.29) is 41.8 Å². The van der Waals surface area contributed by atoms with Gasteiger partial charge in [0.15, 0.2) is 0 Å². The molecule has 0 saturated heterocycles. The van der Waals surface area contributed by atoms with Gasteiger partial charge in [0.1, 0.15) is 46.3 Å². The number of ketones is 5. The van der Waals surface area contributed by atoms with E-state index >= 15 is 0 Å². The Balaban J connectivity index is 0.000000124. The molecule has 16 nitrogen and oxygen atoms in total. The maximum Gasteiger partial charge on any atom is 0.143 e. The lowest BCUT2D eigenvalue weighted by Crippen LogP contribution is -2.09. The normalized spacial score (nSPS) is 13.9. The Bertz CT molecular complexity index is 6230. The number of fused-ring (bicyclic) bond motifs is 5. The molecule has 0 unspecified atom stereocenters. The number of carbonyl (C=O) groups excluding carboxylic acids is 5. The third kappa shape index (κ3) is 22.0. The fraction of sp³-hybridized carbons (Fsp3) is 0.194. The number of benzene rings is 8. The first kappa shape index (κ1) is 83.4. The predicted molar refractivity (Wildman–Crippen MR) is 476 cm³/mol. The highest BCUT2D eigenvalue weighted by molar-refractivity contribution is 6.17. The molecular formula is C103H90F2N10O6. The van der Waals surface area contributed by atoms with E-state index in [1.807, 2.05) is 177 Å². The number of aliphatic imine (C=N–C) groups is 5. The molecule has 0 aliphatic carbocycles. The molecule has 0 saturated carbocycles. The number of halogens is 2. The average molecular weight is 1600 g/mol. The van der Waals surface area contributed by atoms with E-state index in [0.717, 1.165) is 169 Å². The van der Waals surface area contributed by atoms with Gasteiger partial charge in [-0.3, -0.25) is 73.9 Å². The summed E-state index contributed by atoms with van der Waals surface area (Å²) in [7, 11) is 0. The van der Waals surface area contributed by atoms with Crippen LogP contribution in [0.1, 0.15) is 140 Å². The molecule has 10 heterocycles. The third-order valence-corrected chi connectivity index (χ3v) is 20.9. The van der Waals surface area contributed by atoms with Gasteiger partial charge in [-0.25, -0.2) is 8.78 Å². The zero-order valence-electron chi connectivity index (χ0n) is 69.1. The Labute approximate surface area is 703 Å². The average Bonchev–Trinajstić information content (AvgIpc) is 1.76. The molecule has 0 amide bonds. The van der Waals surface area contributed by atoms with Crippen LogP contribution < -0.4 is 4.74 Å². The van der Waals surface area contributed by atoms with E-state index in [4.69, 9.17) is 29.7 Å². The Morgan fingerprint density at radius 2 is 0.529 bits per heavy atom. The summed E-state index contributed by atoms with van der Waals surface area (Å²) in [5.41, 5.74) is 31.5. The Hall–Kier alpha value is -14.1. The predicted octanol–water partition coefficient (Wildman–Crippen LogP) is 21.7. The topological polar surface area (TPSA) is 221 Å². The van der Waals surface area contributed by atoms with Crippen LogP contribution in [0.25, 0.3) is 33.4 Å². The van der Waals surface area contributed by atoms with Gasteiger partial charge in [-0.1, -0.05) is 95.6 Å². The van der Waals surface area contributed by atoms with Crippen LogP contribution in [0.3, 0.4) is 0 Å². The van der Waals surface area contributed by atoms with Gasteiger partial charge < -0.3 is 4.74 Å². The molecule has 121 heavy (non-hydrogen) atoms. The van der Waals surface area contributed by atoms with Crippen LogP contribution >= 0.6 is 0 Å². The lowest BCUT2D eigenvalue weighted by molar-refractivity contribution is -0.118. The number of nitrogens with zero attached hydrogens (tertiary/aromatic N) is 10. The van der Waals surface area contributed by atoms with E-state index in [1.54, 1.807) is 49.2 Å². The summed E-state index contributed by atoms with van der Waals surface area (Å²) in [6.07, 6.45) is 12.5. The first-order valence-corrected chi connectivity index (χ1v) is 40.4. The monoisotopic (exact) mass is 1600 g/mol. The van der Waals surface area contributed by atoms with Crippen LogP contribution in [0, 0.1) is 67.0 Å². The lowest BCUT2D eigenvalue weighted by atomic mass is 9.98. The summed E-state index contributed by atoms with van der Waals surface area (Å²) in [6.45, 7) is 18.4. The number of rotatable bonds is 10. The summed E-state index contributed by atoms with van der Waals surface area (Å²) in [6, 6.07) is 69.0. The maximum absolute atomic E-state index is 13.5. The first-order valence-electron chi connectivity index (χ1n) is 40.4. The fourth-order valence-corrected chi connectivity index (χ4v) is 15.1. The second-order valence-corrected chi connectivity index (χ2v) is 31.0. The summed E-state index contributed by atoms with van der Waals surface area (Å²) in [5.74, 6) is 0.427. The molecule has 8 aromatic carbocycles. The van der Waals surface area contributed by atoms with Gasteiger partial charge >= 0.3 is 0 Å². The highest BCUT2D eigenvalue weighted by Crippen LogP contribution is 2.37. The molecular weight excluding hydrogens is 1510 g/mol. The molecule has 5 aliphatic heterocycles. The molecule has 0 spiro atoms. The Kier molecular flexibility index (Phi) is 26.2. The van der Waals surface area contributed by atoms with Crippen LogP contribution in [0.2, 0.25) is 0 Å². The zero-order valence-corrected chi connectivity index (χ0v) is 69.1. The van der Waals surface area contributed by atoms with Crippen molar-refractivity contribution in [2.45, 2.75) is 127 Å². The zero-order chi connectivity index (χ0) is 84.8. The number of hydrogen-bond acceptors (Lipinski definition) is 16. The van der Waals surface area contributed by atoms with Crippen LogP contribution in [0.4, 0.5) is 37.2 Å². The van der Waals surface area contributed by atoms with E-state index in [1.165, 1.54) is 23.3 Å². The standard InChI is InChI=1S/C24H22N2O2.C23H20N2O.C22H16F2N2O.2C17H16N2O/c1-3-28-22-7-4-17(5-8-22)18-6-9-23-20(13-18)14-21(27)15-24(26-23)19-10-11-25-16(2)12-19;1-15-4-3-5-17(10-15)18-6-7-22-20(12-18)13-21(26)14-23(25-22)19-8-9-24-16(2)11-19;1-13-6-15(4-5-25-13)22-12-20(27)10-17-7-14(2-3-21(17)26-22)16-8-18(23)11-19(24)9-16;2*1-11-3-4-16-14(7-11)9-15(20)10-17(19-16)13-5-6-18-12(2)8-13/h4-13H,3,14-15H2,1-2H3;3-12H,13-14H2,1-2H3;2-9,11H,10,12H2,1H3;2*3-8H,9-10H2,1-2H3. The van der Waals surface area contributed by atoms with Crippen molar-refractivity contribution in [3.63, 3.8) is 0 Å². The molecule has 5 aromatic heterocycles. The minimum absolute atomic E-state index is 0.0459. The van der Waals surface area contributed by atoms with E-state index in [9.17, 15) is 32.8 Å². The molecule has 0 N–H and O–H groups in total. The quantitative estimate of drug-likeness (QED) is 0.125. The van der Waals surface area contributed by atoms with Gasteiger partial charge in [-0.2, -0.15) is 0 Å². The second kappa shape index (κ2) is 38.1. The number of aromatic nitrogens is 5. The SMILES string of the molecule is CCOc1ccc(-c2ccc3c(c2)CC(=O)CC(c2ccnc(C)c2)=N3)cc1.Cc1cc(C2=Nc3ccc(-c4cc(F)cc(F)c4)cc3CC(=O)C2)ccn1.Cc1ccc2c(c1)CC(=O)CC(c1ccnc(C)c1)=N2.Cc1ccc2c(c1)CC(=O)CC(c1ccnc(C)c1)=N2.Cc1cccc(-c2ccc3c(c2)CC(=O)CC(c2ccnc(C)c2)=N3)c1. The smallest absolute Gasteiger partial charge is 0.143 e. The minimum Gasteiger partial charge on any atom is -0.494 e. The van der Waals surface area contributed by atoms with Gasteiger partial charge in [-0.15, -0.1) is 0 Å². The van der Waals surface area contributed by atoms with Gasteiger partial charge in [0, 0.05) is 130 Å². The summed E-state index contributed by atoms with van der Waals surface area (Å²) in [5, 5.41) is 0. The molecule has 18 heteroatoms. The molecule has 0 bridgehead atoms. The third-order valence-electron chi connectivity index (χ3n) is 20.9. The Morgan fingerprint density at radius 1 is 0.256 bits per heavy atom. The van der Waals surface area contributed by atoms with Crippen molar-refractivity contribution < 1.29 is 37.5 Å². The number of hydrogen-bond donors (Lipinski definition) is 0. The van der Waals surface area contributed by atoms with Crippen molar-refractivity contribution in [1.82, 2.24) is 24.9 Å². The van der Waals surface area contributed by atoms with Gasteiger partial charge in [0.05, 0.1) is 63.6 Å². The van der Waals surface area contributed by atoms with Crippen molar-refractivity contribution in [1.29, 1.82) is 0 Å². The molecule has 13 aromatic rings. The van der Waals surface area contributed by atoms with Crippen molar-refractivity contribution in [3.8, 4) is 39.1 Å². The number of Topliss-reactive ketones (excluding diaryl/α,β-unsaturated/α-hetero) is 5. The van der Waals surface area contributed by atoms with Crippen molar-refractivity contribution in [2.75, 3.05) is 6.61 Å². The van der Waals surface area contributed by atoms with Crippen LogP contribution in [-0.4, -0.2) is 89.0 Å². The summed E-state index contributed by atoms with van der Waals surface area (Å²) in [4.78, 5) is 107. The molecule has 18 rings (SSSR count). The second-order valence-electron chi connectivity index (χ2n) is 31.0. The number of pyridine rings is 5. The molecule has 0 atom stereocenters. The summed E-state index contributed by atoms with van der Waals surface area (Å²) >= 11 is 0. The summed E-state index contributed by atoms with van der Waals surface area (Å²) < 4.78 is 32.6. The fourth-order valence-electron chi connectivity index (χ4n) is 15.1. The van der Waals surface area contributed by atoms with Crippen molar-refractivity contribution in [3.05, 3.63) is 362 Å². The van der Waals surface area contributed by atoms with Crippen molar-refractivity contribution >= 4 is 85.9 Å². The van der Waals surface area contributed by atoms with Crippen molar-refractivity contribution in [2.24, 2.45) is 25.0 Å². The largest absolute Gasteiger partial charge is 0.494 e. The first-order chi connectivity index (χ1) is 58.4. The van der Waals surface area contributed by atoms with E-state index in [0.29, 0.717) is 80.5 Å². The van der Waals surface area contributed by atoms with Gasteiger partial charge in [0.2, 0.25) is 0 Å². The van der Waals surface area contributed by atoms with Gasteiger partial charge in [-0.05, 0) is 285 Å². The molecule has 5 aliphatic rings. The van der Waals surface area contributed by atoms with Crippen LogP contribution in [0.5, 0.6) is 5.75 Å². The van der Waals surface area contributed by atoms with E-state index < -0.39 is 11.6 Å². The van der Waals surface area contributed by atoms with Crippen LogP contribution in [0.15, 0.2) is 274 Å². The highest BCUT2D eigenvalue weighted by atomic mass is 19.1. The number of aryl methyl sites for hydroxylation is 8. The minimum atomic E-state index is -0.635. The van der Waals surface area contributed by atoms with Gasteiger partial charge in [0.25, 0.3) is 0 Å². The maximum atomic E-state index is 13.5. The molecule has 0 fully saturated rings. The molecule has 602 valence electrons. The highest BCUT2D eigenvalue weighted by Gasteiger charge is 2.25. The number of ether oxygens (including phenoxy) is 1. The molecule has 0 radical (unpaired) electrons. The van der Waals surface area contributed by atoms with Crippen LogP contribution in [-0.2, 0) is 56.1 Å². The number of carbonyl (C=O) groups is 5. The van der Waals surface area contributed by atoms with E-state index in [2.05, 4.69) is 92.5 Å². The lowest BCUT2D eigenvalue weighted by Gasteiger charge is -2.08. The Morgan fingerprint density at radius 3 is 0.835 bits per heavy atom.